The van der Waals surface area contributed by atoms with E-state index in [-0.39, 0.29) is 0 Å². The predicted molar refractivity (Wildman–Crippen MR) is 82.2 cm³/mol. The number of fused-ring (bicyclic) bond motifs is 1. The molecule has 1 saturated heterocycles. The Hall–Kier alpha value is -1.79. The summed E-state index contributed by atoms with van der Waals surface area (Å²) in [5, 5.41) is 8.48. The molecule has 21 heavy (non-hydrogen) atoms. The lowest BCUT2D eigenvalue weighted by molar-refractivity contribution is 0.0364. The van der Waals surface area contributed by atoms with Gasteiger partial charge in [0.05, 0.1) is 11.6 Å². The summed E-state index contributed by atoms with van der Waals surface area (Å²) in [5.41, 5.74) is 7.20. The highest BCUT2D eigenvalue weighted by atomic mass is 16.5. The Morgan fingerprint density at radius 3 is 2.67 bits per heavy atom. The Morgan fingerprint density at radius 1 is 1.14 bits per heavy atom. The van der Waals surface area contributed by atoms with Gasteiger partial charge in [-0.05, 0) is 37.9 Å². The predicted octanol–water partition coefficient (Wildman–Crippen LogP) is 1.36. The van der Waals surface area contributed by atoms with E-state index < -0.39 is 0 Å². The Labute approximate surface area is 124 Å². The maximum absolute atomic E-state index is 5.81. The highest BCUT2D eigenvalue weighted by Gasteiger charge is 2.21. The van der Waals surface area contributed by atoms with E-state index >= 15 is 0 Å². The zero-order valence-corrected chi connectivity index (χ0v) is 12.1. The minimum absolute atomic E-state index is 0.334. The van der Waals surface area contributed by atoms with Crippen molar-refractivity contribution in [2.45, 2.75) is 25.4 Å². The van der Waals surface area contributed by atoms with Crippen molar-refractivity contribution in [1.82, 2.24) is 15.2 Å². The third-order valence-electron chi connectivity index (χ3n) is 3.78. The average Bonchev–Trinajstić information content (AvgIpc) is 2.55. The molecule has 2 heterocycles. The molecule has 1 aromatic carbocycles. The van der Waals surface area contributed by atoms with Crippen molar-refractivity contribution in [2.75, 3.05) is 31.1 Å². The summed E-state index contributed by atoms with van der Waals surface area (Å²) in [7, 11) is 0. The van der Waals surface area contributed by atoms with Crippen LogP contribution in [0.15, 0.2) is 24.3 Å². The van der Waals surface area contributed by atoms with E-state index in [1.807, 2.05) is 24.3 Å². The van der Waals surface area contributed by atoms with Crippen molar-refractivity contribution in [2.24, 2.45) is 5.73 Å². The lowest BCUT2D eigenvalue weighted by atomic mass is 10.1. The normalized spacial score (nSPS) is 16.5. The summed E-state index contributed by atoms with van der Waals surface area (Å²) in [6, 6.07) is 7.81. The summed E-state index contributed by atoms with van der Waals surface area (Å²) < 4.78 is 5.81. The second-order valence-electron chi connectivity index (χ2n) is 5.30. The number of piperidine rings is 1. The summed E-state index contributed by atoms with van der Waals surface area (Å²) in [4.78, 5) is 6.78. The molecular formula is C15H21N5O. The van der Waals surface area contributed by atoms with Crippen molar-refractivity contribution >= 4 is 17.0 Å². The molecular weight excluding hydrogens is 266 g/mol. The van der Waals surface area contributed by atoms with Crippen LogP contribution in [0.4, 0.5) is 5.95 Å². The zero-order chi connectivity index (χ0) is 14.5. The number of nitrogens with two attached hydrogens (primary N) is 1. The molecule has 2 aromatic rings. The number of para-hydroxylation sites is 1. The van der Waals surface area contributed by atoms with Gasteiger partial charge in [-0.25, -0.2) is 4.98 Å². The van der Waals surface area contributed by atoms with Gasteiger partial charge in [0, 0.05) is 19.7 Å². The molecule has 0 spiro atoms. The van der Waals surface area contributed by atoms with Crippen LogP contribution in [-0.2, 0) is 4.74 Å². The maximum atomic E-state index is 5.81. The Kier molecular flexibility index (Phi) is 4.57. The van der Waals surface area contributed by atoms with Crippen LogP contribution in [0, 0.1) is 0 Å². The highest BCUT2D eigenvalue weighted by Crippen LogP contribution is 2.19. The number of benzene rings is 1. The van der Waals surface area contributed by atoms with E-state index in [2.05, 4.69) is 20.1 Å². The number of rotatable bonds is 5. The van der Waals surface area contributed by atoms with E-state index in [0.29, 0.717) is 18.6 Å². The second-order valence-corrected chi connectivity index (χ2v) is 5.30. The van der Waals surface area contributed by atoms with Gasteiger partial charge in [-0.3, -0.25) is 0 Å². The molecule has 6 heteroatoms. The number of aromatic nitrogens is 3. The standard InChI is InChI=1S/C15H21N5O/c16-8-3-11-21-12-6-9-20(10-7-12)15-17-13-4-1-2-5-14(13)18-19-15/h1-2,4-5,12H,3,6-11,16H2. The molecule has 6 nitrogen and oxygen atoms in total. The van der Waals surface area contributed by atoms with Crippen LogP contribution in [0.25, 0.3) is 11.0 Å². The van der Waals surface area contributed by atoms with Crippen molar-refractivity contribution in [3.63, 3.8) is 0 Å². The number of ether oxygens (including phenoxy) is 1. The Morgan fingerprint density at radius 2 is 1.90 bits per heavy atom. The van der Waals surface area contributed by atoms with Crippen LogP contribution in [0.1, 0.15) is 19.3 Å². The van der Waals surface area contributed by atoms with Crippen LogP contribution < -0.4 is 10.6 Å². The number of nitrogens with zero attached hydrogens (tertiary/aromatic N) is 4. The van der Waals surface area contributed by atoms with E-state index in [1.54, 1.807) is 0 Å². The second kappa shape index (κ2) is 6.78. The van der Waals surface area contributed by atoms with E-state index in [0.717, 1.165) is 50.0 Å². The van der Waals surface area contributed by atoms with E-state index in [9.17, 15) is 0 Å². The van der Waals surface area contributed by atoms with Gasteiger partial charge in [0.1, 0.15) is 5.52 Å². The smallest absolute Gasteiger partial charge is 0.245 e. The van der Waals surface area contributed by atoms with Gasteiger partial charge in [0.25, 0.3) is 0 Å². The Balaban J connectivity index is 1.60. The number of anilines is 1. The van der Waals surface area contributed by atoms with Crippen molar-refractivity contribution < 1.29 is 4.74 Å². The monoisotopic (exact) mass is 287 g/mol. The molecule has 0 bridgehead atoms. The SMILES string of the molecule is NCCCOC1CCN(c2nnc3ccccc3n2)CC1. The summed E-state index contributed by atoms with van der Waals surface area (Å²) in [6.45, 7) is 3.27. The van der Waals surface area contributed by atoms with Crippen LogP contribution >= 0.6 is 0 Å². The molecule has 112 valence electrons. The first kappa shape index (κ1) is 14.2. The maximum Gasteiger partial charge on any atom is 0.245 e. The summed E-state index contributed by atoms with van der Waals surface area (Å²) in [6.07, 6.45) is 3.26. The minimum atomic E-state index is 0.334. The highest BCUT2D eigenvalue weighted by molar-refractivity contribution is 5.74. The number of hydrogen-bond acceptors (Lipinski definition) is 6. The number of hydrogen-bond donors (Lipinski definition) is 1. The summed E-state index contributed by atoms with van der Waals surface area (Å²) in [5.74, 6) is 0.717. The fraction of sp³-hybridized carbons (Fsp3) is 0.533. The van der Waals surface area contributed by atoms with Gasteiger partial charge in [0.15, 0.2) is 0 Å². The third kappa shape index (κ3) is 3.46. The first-order valence-electron chi connectivity index (χ1n) is 7.53. The van der Waals surface area contributed by atoms with Gasteiger partial charge >= 0.3 is 0 Å². The van der Waals surface area contributed by atoms with Crippen molar-refractivity contribution in [1.29, 1.82) is 0 Å². The molecule has 0 unspecified atom stereocenters. The minimum Gasteiger partial charge on any atom is -0.378 e. The van der Waals surface area contributed by atoms with Gasteiger partial charge < -0.3 is 15.4 Å². The lowest BCUT2D eigenvalue weighted by Crippen LogP contribution is -2.38. The van der Waals surface area contributed by atoms with Crippen LogP contribution in [0.3, 0.4) is 0 Å². The quantitative estimate of drug-likeness (QED) is 0.837. The van der Waals surface area contributed by atoms with Gasteiger partial charge in [0.2, 0.25) is 5.95 Å². The van der Waals surface area contributed by atoms with E-state index in [1.165, 1.54) is 0 Å². The van der Waals surface area contributed by atoms with Crippen LogP contribution in [0.2, 0.25) is 0 Å². The molecule has 1 aliphatic rings. The lowest BCUT2D eigenvalue weighted by Gasteiger charge is -2.31. The van der Waals surface area contributed by atoms with Crippen LogP contribution in [-0.4, -0.2) is 47.5 Å². The molecule has 3 rings (SSSR count). The molecule has 0 amide bonds. The van der Waals surface area contributed by atoms with E-state index in [4.69, 9.17) is 10.5 Å². The van der Waals surface area contributed by atoms with Gasteiger partial charge in [-0.1, -0.05) is 12.1 Å². The molecule has 1 fully saturated rings. The fourth-order valence-corrected chi connectivity index (χ4v) is 2.56. The molecule has 2 N–H and O–H groups in total. The molecule has 0 atom stereocenters. The molecule has 1 aliphatic heterocycles. The first-order chi connectivity index (χ1) is 10.4. The zero-order valence-electron chi connectivity index (χ0n) is 12.1. The molecule has 0 radical (unpaired) electrons. The topological polar surface area (TPSA) is 77.2 Å². The molecule has 1 aromatic heterocycles. The average molecular weight is 287 g/mol. The fourth-order valence-electron chi connectivity index (χ4n) is 2.56. The Bertz CT molecular complexity index is 583. The largest absolute Gasteiger partial charge is 0.378 e. The van der Waals surface area contributed by atoms with Gasteiger partial charge in [-0.2, -0.15) is 0 Å². The van der Waals surface area contributed by atoms with Crippen molar-refractivity contribution in [3.8, 4) is 0 Å². The molecule has 0 saturated carbocycles. The van der Waals surface area contributed by atoms with Crippen LogP contribution in [0.5, 0.6) is 0 Å². The first-order valence-corrected chi connectivity index (χ1v) is 7.53. The summed E-state index contributed by atoms with van der Waals surface area (Å²) >= 11 is 0. The third-order valence-corrected chi connectivity index (χ3v) is 3.78. The molecule has 0 aliphatic carbocycles. The van der Waals surface area contributed by atoms with Gasteiger partial charge in [-0.15, -0.1) is 10.2 Å². The van der Waals surface area contributed by atoms with Crippen molar-refractivity contribution in [3.05, 3.63) is 24.3 Å².